The Hall–Kier alpha value is -1.68. The molecule has 0 aliphatic carbocycles. The van der Waals surface area contributed by atoms with Gasteiger partial charge in [-0.25, -0.2) is 4.98 Å². The number of fused-ring (bicyclic) bond motifs is 1. The van der Waals surface area contributed by atoms with Crippen LogP contribution in [0.5, 0.6) is 0 Å². The molecule has 1 aromatic carbocycles. The maximum Gasteiger partial charge on any atom is 0.128 e. The lowest BCUT2D eigenvalue weighted by Crippen LogP contribution is -2.19. The van der Waals surface area contributed by atoms with Gasteiger partial charge in [-0.15, -0.1) is 0 Å². The molecule has 2 aromatic rings. The molecule has 0 saturated carbocycles. The summed E-state index contributed by atoms with van der Waals surface area (Å²) in [6.45, 7) is 0. The molecule has 1 aliphatic heterocycles. The number of nitrogens with one attached hydrogen (secondary N) is 1. The molecule has 0 radical (unpaired) electrons. The van der Waals surface area contributed by atoms with Crippen molar-refractivity contribution in [2.75, 3.05) is 30.1 Å². The van der Waals surface area contributed by atoms with E-state index in [0.717, 1.165) is 23.0 Å². The minimum Gasteiger partial charge on any atom is -0.376 e. The second-order valence-corrected chi connectivity index (χ2v) is 6.24. The molecule has 1 aliphatic rings. The summed E-state index contributed by atoms with van der Waals surface area (Å²) < 4.78 is 0. The first-order valence-electron chi connectivity index (χ1n) is 6.79. The van der Waals surface area contributed by atoms with Crippen LogP contribution in [0.2, 0.25) is 0 Å². The van der Waals surface area contributed by atoms with E-state index < -0.39 is 0 Å². The lowest BCUT2D eigenvalue weighted by Gasteiger charge is -2.27. The molecule has 3 nitrogen and oxygen atoms in total. The van der Waals surface area contributed by atoms with Crippen molar-refractivity contribution in [1.29, 1.82) is 0 Å². The average molecular weight is 285 g/mol. The molecule has 0 fully saturated rings. The molecule has 0 bridgehead atoms. The fourth-order valence-corrected chi connectivity index (χ4v) is 3.54. The van der Waals surface area contributed by atoms with E-state index in [1.54, 1.807) is 0 Å². The van der Waals surface area contributed by atoms with Crippen molar-refractivity contribution in [2.24, 2.45) is 0 Å². The van der Waals surface area contributed by atoms with E-state index >= 15 is 0 Å². The molecular formula is C16H19N3S. The lowest BCUT2D eigenvalue weighted by molar-refractivity contribution is 0.869. The second-order valence-electron chi connectivity index (χ2n) is 5.21. The number of anilines is 2. The van der Waals surface area contributed by atoms with Crippen molar-refractivity contribution >= 4 is 23.3 Å². The summed E-state index contributed by atoms with van der Waals surface area (Å²) in [5.41, 5.74) is 3.94. The van der Waals surface area contributed by atoms with Gasteiger partial charge in [0.25, 0.3) is 0 Å². The van der Waals surface area contributed by atoms with Gasteiger partial charge in [-0.2, -0.15) is 11.8 Å². The second kappa shape index (κ2) is 5.75. The first-order valence-corrected chi connectivity index (χ1v) is 7.95. The number of nitrogens with zero attached hydrogens (tertiary/aromatic N) is 2. The van der Waals surface area contributed by atoms with Crippen molar-refractivity contribution < 1.29 is 0 Å². The molecule has 0 spiro atoms. The molecule has 2 heterocycles. The summed E-state index contributed by atoms with van der Waals surface area (Å²) >= 11 is 1.98. The van der Waals surface area contributed by atoms with Gasteiger partial charge in [0, 0.05) is 25.6 Å². The largest absolute Gasteiger partial charge is 0.376 e. The van der Waals surface area contributed by atoms with Gasteiger partial charge < -0.3 is 10.2 Å². The van der Waals surface area contributed by atoms with Gasteiger partial charge in [0.05, 0.1) is 17.9 Å². The van der Waals surface area contributed by atoms with Gasteiger partial charge in [0.1, 0.15) is 5.82 Å². The van der Waals surface area contributed by atoms with E-state index in [1.807, 2.05) is 43.0 Å². The maximum atomic E-state index is 4.46. The van der Waals surface area contributed by atoms with Crippen LogP contribution >= 0.6 is 11.8 Å². The molecule has 104 valence electrons. The molecule has 1 N–H and O–H groups in total. The van der Waals surface area contributed by atoms with E-state index in [1.165, 1.54) is 11.1 Å². The van der Waals surface area contributed by atoms with Crippen LogP contribution in [0.4, 0.5) is 11.5 Å². The van der Waals surface area contributed by atoms with Gasteiger partial charge in [-0.1, -0.05) is 24.3 Å². The number of aromatic nitrogens is 1. The van der Waals surface area contributed by atoms with Crippen LogP contribution in [0, 0.1) is 0 Å². The molecule has 1 atom stereocenters. The Labute approximate surface area is 124 Å². The Bertz CT molecular complexity index is 581. The van der Waals surface area contributed by atoms with Crippen molar-refractivity contribution in [3.8, 4) is 0 Å². The normalized spacial score (nSPS) is 17.4. The predicted octanol–water partition coefficient (Wildman–Crippen LogP) is 3.55. The summed E-state index contributed by atoms with van der Waals surface area (Å²) in [7, 11) is 4.01. The van der Waals surface area contributed by atoms with Crippen LogP contribution in [0.1, 0.15) is 17.2 Å². The minimum atomic E-state index is 0.372. The maximum absolute atomic E-state index is 4.46. The van der Waals surface area contributed by atoms with Crippen LogP contribution in [0.25, 0.3) is 0 Å². The Morgan fingerprint density at radius 1 is 1.20 bits per heavy atom. The number of hydrogen-bond donors (Lipinski definition) is 1. The number of thioether (sulfide) groups is 1. The van der Waals surface area contributed by atoms with E-state index in [4.69, 9.17) is 0 Å². The first kappa shape index (κ1) is 13.3. The Balaban J connectivity index is 1.78. The number of pyridine rings is 1. The Kier molecular flexibility index (Phi) is 3.83. The highest BCUT2D eigenvalue weighted by Crippen LogP contribution is 2.33. The van der Waals surface area contributed by atoms with E-state index in [0.29, 0.717) is 6.04 Å². The summed E-state index contributed by atoms with van der Waals surface area (Å²) in [4.78, 5) is 6.47. The van der Waals surface area contributed by atoms with E-state index in [2.05, 4.69) is 40.6 Å². The lowest BCUT2D eigenvalue weighted by atomic mass is 10.0. The number of benzene rings is 1. The number of rotatable bonds is 3. The molecular weight excluding hydrogens is 266 g/mol. The van der Waals surface area contributed by atoms with Crippen LogP contribution in [0.15, 0.2) is 42.6 Å². The average Bonchev–Trinajstić information content (AvgIpc) is 2.48. The summed E-state index contributed by atoms with van der Waals surface area (Å²) in [5.74, 6) is 3.20. The first-order chi connectivity index (χ1) is 9.74. The van der Waals surface area contributed by atoms with Crippen molar-refractivity contribution in [3.05, 3.63) is 53.7 Å². The zero-order chi connectivity index (χ0) is 13.9. The van der Waals surface area contributed by atoms with Crippen molar-refractivity contribution in [3.63, 3.8) is 0 Å². The van der Waals surface area contributed by atoms with Crippen LogP contribution in [-0.2, 0) is 5.75 Å². The van der Waals surface area contributed by atoms with Gasteiger partial charge in [-0.3, -0.25) is 0 Å². The van der Waals surface area contributed by atoms with Crippen LogP contribution in [0.3, 0.4) is 0 Å². The quantitative estimate of drug-likeness (QED) is 0.933. The van der Waals surface area contributed by atoms with Crippen molar-refractivity contribution in [1.82, 2.24) is 4.98 Å². The van der Waals surface area contributed by atoms with Crippen LogP contribution in [-0.4, -0.2) is 24.8 Å². The monoisotopic (exact) mass is 285 g/mol. The SMILES string of the molecule is CN(C)c1ccc(NC2CSCc3ccccc32)cn1. The molecule has 0 saturated heterocycles. The minimum absolute atomic E-state index is 0.372. The van der Waals surface area contributed by atoms with Gasteiger partial charge in [-0.05, 0) is 23.3 Å². The Morgan fingerprint density at radius 3 is 2.80 bits per heavy atom. The highest BCUT2D eigenvalue weighted by Gasteiger charge is 2.19. The van der Waals surface area contributed by atoms with Gasteiger partial charge in [0.15, 0.2) is 0 Å². The summed E-state index contributed by atoms with van der Waals surface area (Å²) in [6, 6.07) is 13.2. The topological polar surface area (TPSA) is 28.2 Å². The van der Waals surface area contributed by atoms with Crippen LogP contribution < -0.4 is 10.2 Å². The smallest absolute Gasteiger partial charge is 0.128 e. The summed E-state index contributed by atoms with van der Waals surface area (Å²) in [5, 5.41) is 3.60. The Morgan fingerprint density at radius 2 is 2.05 bits per heavy atom. The van der Waals surface area contributed by atoms with E-state index in [-0.39, 0.29) is 0 Å². The van der Waals surface area contributed by atoms with Crippen molar-refractivity contribution in [2.45, 2.75) is 11.8 Å². The fraction of sp³-hybridized carbons (Fsp3) is 0.312. The van der Waals surface area contributed by atoms with E-state index in [9.17, 15) is 0 Å². The molecule has 1 aromatic heterocycles. The molecule has 4 heteroatoms. The van der Waals surface area contributed by atoms with Gasteiger partial charge in [0.2, 0.25) is 0 Å². The third-order valence-corrected chi connectivity index (χ3v) is 4.60. The highest BCUT2D eigenvalue weighted by atomic mass is 32.2. The molecule has 0 amide bonds. The third-order valence-electron chi connectivity index (χ3n) is 3.52. The van der Waals surface area contributed by atoms with Gasteiger partial charge >= 0.3 is 0 Å². The molecule has 1 unspecified atom stereocenters. The summed E-state index contributed by atoms with van der Waals surface area (Å²) in [6.07, 6.45) is 1.91. The molecule has 3 rings (SSSR count). The fourth-order valence-electron chi connectivity index (χ4n) is 2.44. The zero-order valence-electron chi connectivity index (χ0n) is 11.8. The predicted molar refractivity (Wildman–Crippen MR) is 87.5 cm³/mol. The zero-order valence-corrected chi connectivity index (χ0v) is 12.7. The molecule has 20 heavy (non-hydrogen) atoms. The third kappa shape index (κ3) is 2.75. The standard InChI is InChI=1S/C16H19N3S/c1-19(2)16-8-7-13(9-17-16)18-15-11-20-10-12-5-3-4-6-14(12)15/h3-9,15,18H,10-11H2,1-2H3. The number of hydrogen-bond acceptors (Lipinski definition) is 4. The highest BCUT2D eigenvalue weighted by molar-refractivity contribution is 7.98.